The number of hydrogen-bond donors (Lipinski definition) is 0. The van der Waals surface area contributed by atoms with Gasteiger partial charge in [-0.1, -0.05) is 73.1 Å². The zero-order valence-corrected chi connectivity index (χ0v) is 12.4. The molecule has 0 heteroatoms. The lowest BCUT2D eigenvalue weighted by molar-refractivity contribution is 0.0970. The molecule has 0 nitrogen and oxygen atoms in total. The molecule has 0 saturated heterocycles. The zero-order chi connectivity index (χ0) is 12.4. The fourth-order valence-corrected chi connectivity index (χ4v) is 3.77. The molecule has 0 heterocycles. The Labute approximate surface area is 104 Å². The molecule has 0 spiro atoms. The highest BCUT2D eigenvalue weighted by Gasteiger charge is 2.34. The van der Waals surface area contributed by atoms with E-state index in [9.17, 15) is 0 Å². The molecule has 1 atom stereocenters. The molecule has 0 aromatic rings. The summed E-state index contributed by atoms with van der Waals surface area (Å²) in [6.45, 7) is 11.8. The van der Waals surface area contributed by atoms with Crippen molar-refractivity contribution >= 4 is 0 Å². The lowest BCUT2D eigenvalue weighted by Gasteiger charge is -2.41. The molecular formula is C16H34. The van der Waals surface area contributed by atoms with E-state index in [0.717, 1.165) is 5.92 Å². The second-order valence-electron chi connectivity index (χ2n) is 5.51. The second-order valence-corrected chi connectivity index (χ2v) is 5.51. The van der Waals surface area contributed by atoms with Gasteiger partial charge >= 0.3 is 0 Å². The molecule has 0 aliphatic heterocycles. The van der Waals surface area contributed by atoms with E-state index in [0.29, 0.717) is 5.41 Å². The highest BCUT2D eigenvalue weighted by molar-refractivity contribution is 4.85. The summed E-state index contributed by atoms with van der Waals surface area (Å²) in [6, 6.07) is 0. The van der Waals surface area contributed by atoms with Crippen molar-refractivity contribution in [1.29, 1.82) is 0 Å². The van der Waals surface area contributed by atoms with E-state index in [4.69, 9.17) is 0 Å². The van der Waals surface area contributed by atoms with Gasteiger partial charge in [-0.25, -0.2) is 0 Å². The fourth-order valence-electron chi connectivity index (χ4n) is 3.77. The molecular weight excluding hydrogens is 192 g/mol. The quantitative estimate of drug-likeness (QED) is 0.416. The lowest BCUT2D eigenvalue weighted by atomic mass is 9.64. The van der Waals surface area contributed by atoms with Crippen molar-refractivity contribution in [3.63, 3.8) is 0 Å². The Kier molecular flexibility index (Phi) is 9.07. The van der Waals surface area contributed by atoms with Crippen LogP contribution < -0.4 is 0 Å². The minimum Gasteiger partial charge on any atom is -0.0654 e. The van der Waals surface area contributed by atoms with Crippen molar-refractivity contribution in [3.8, 4) is 0 Å². The van der Waals surface area contributed by atoms with E-state index in [2.05, 4.69) is 34.6 Å². The first-order valence-electron chi connectivity index (χ1n) is 7.70. The fraction of sp³-hybridized carbons (Fsp3) is 1.00. The van der Waals surface area contributed by atoms with Crippen LogP contribution in [-0.4, -0.2) is 0 Å². The molecule has 0 bridgehead atoms. The summed E-state index contributed by atoms with van der Waals surface area (Å²) in [5, 5.41) is 0. The van der Waals surface area contributed by atoms with Crippen molar-refractivity contribution in [2.24, 2.45) is 11.3 Å². The average molecular weight is 226 g/mol. The van der Waals surface area contributed by atoms with Crippen LogP contribution in [0.3, 0.4) is 0 Å². The van der Waals surface area contributed by atoms with Crippen LogP contribution in [-0.2, 0) is 0 Å². The van der Waals surface area contributed by atoms with Crippen LogP contribution in [0.5, 0.6) is 0 Å². The smallest absolute Gasteiger partial charge is 0.0270 e. The summed E-state index contributed by atoms with van der Waals surface area (Å²) in [7, 11) is 0. The maximum Gasteiger partial charge on any atom is -0.0270 e. The van der Waals surface area contributed by atoms with E-state index in [1.165, 1.54) is 57.8 Å². The van der Waals surface area contributed by atoms with Crippen molar-refractivity contribution in [2.75, 3.05) is 0 Å². The summed E-state index contributed by atoms with van der Waals surface area (Å²) in [6.07, 6.45) is 12.6. The minimum atomic E-state index is 0.670. The van der Waals surface area contributed by atoms with E-state index < -0.39 is 0 Å². The van der Waals surface area contributed by atoms with E-state index in [1.54, 1.807) is 0 Å². The number of rotatable bonds is 10. The van der Waals surface area contributed by atoms with Gasteiger partial charge in [-0.3, -0.25) is 0 Å². The van der Waals surface area contributed by atoms with Crippen molar-refractivity contribution in [1.82, 2.24) is 0 Å². The van der Waals surface area contributed by atoms with E-state index in [-0.39, 0.29) is 0 Å². The van der Waals surface area contributed by atoms with Crippen LogP contribution in [0, 0.1) is 11.3 Å². The molecule has 0 aliphatic carbocycles. The molecule has 0 aliphatic rings. The van der Waals surface area contributed by atoms with Crippen molar-refractivity contribution < 1.29 is 0 Å². The zero-order valence-electron chi connectivity index (χ0n) is 12.4. The lowest BCUT2D eigenvalue weighted by Crippen LogP contribution is -2.30. The highest BCUT2D eigenvalue weighted by atomic mass is 14.4. The van der Waals surface area contributed by atoms with Gasteiger partial charge < -0.3 is 0 Å². The third-order valence-corrected chi connectivity index (χ3v) is 4.24. The predicted octanol–water partition coefficient (Wildman–Crippen LogP) is 6.20. The third-order valence-electron chi connectivity index (χ3n) is 4.24. The largest absolute Gasteiger partial charge is 0.0654 e. The van der Waals surface area contributed by atoms with Gasteiger partial charge in [-0.2, -0.15) is 0 Å². The molecule has 0 fully saturated rings. The summed E-state index contributed by atoms with van der Waals surface area (Å²) < 4.78 is 0. The maximum atomic E-state index is 2.40. The first-order valence-corrected chi connectivity index (χ1v) is 7.70. The van der Waals surface area contributed by atoms with E-state index >= 15 is 0 Å². The van der Waals surface area contributed by atoms with Crippen LogP contribution in [0.4, 0.5) is 0 Å². The standard InChI is InChI=1S/C16H34/c1-6-11-15(10-5)16(12-7-2,13-8-3)14-9-4/h15H,6-14H2,1-5H3. The Morgan fingerprint density at radius 2 is 1.12 bits per heavy atom. The van der Waals surface area contributed by atoms with Gasteiger partial charge in [0.2, 0.25) is 0 Å². The van der Waals surface area contributed by atoms with Crippen LogP contribution in [0.1, 0.15) is 92.4 Å². The third kappa shape index (κ3) is 4.47. The molecule has 0 amide bonds. The first kappa shape index (κ1) is 16.0. The molecule has 0 aromatic carbocycles. The van der Waals surface area contributed by atoms with Gasteiger partial charge in [-0.15, -0.1) is 0 Å². The topological polar surface area (TPSA) is 0 Å². The van der Waals surface area contributed by atoms with E-state index in [1.807, 2.05) is 0 Å². The van der Waals surface area contributed by atoms with Crippen molar-refractivity contribution in [2.45, 2.75) is 92.4 Å². The molecule has 1 unspecified atom stereocenters. The SMILES string of the molecule is CCCC(CC)C(CCC)(CCC)CCC. The molecule has 0 saturated carbocycles. The molecule has 98 valence electrons. The summed E-state index contributed by atoms with van der Waals surface area (Å²) in [5.74, 6) is 0.970. The predicted molar refractivity (Wildman–Crippen MR) is 75.8 cm³/mol. The van der Waals surface area contributed by atoms with Gasteiger partial charge in [0.1, 0.15) is 0 Å². The molecule has 0 radical (unpaired) electrons. The molecule has 0 aromatic heterocycles. The Balaban J connectivity index is 4.78. The molecule has 16 heavy (non-hydrogen) atoms. The monoisotopic (exact) mass is 226 g/mol. The summed E-state index contributed by atoms with van der Waals surface area (Å²) in [4.78, 5) is 0. The Hall–Kier alpha value is 0. The van der Waals surface area contributed by atoms with Gasteiger partial charge in [0.25, 0.3) is 0 Å². The highest BCUT2D eigenvalue weighted by Crippen LogP contribution is 2.45. The van der Waals surface area contributed by atoms with Gasteiger partial charge in [0.15, 0.2) is 0 Å². The second kappa shape index (κ2) is 9.07. The summed E-state index contributed by atoms with van der Waals surface area (Å²) >= 11 is 0. The van der Waals surface area contributed by atoms with Crippen LogP contribution in [0.25, 0.3) is 0 Å². The average Bonchev–Trinajstić information content (AvgIpc) is 2.26. The molecule has 0 N–H and O–H groups in total. The van der Waals surface area contributed by atoms with Crippen molar-refractivity contribution in [3.05, 3.63) is 0 Å². The normalized spacial score (nSPS) is 14.1. The Morgan fingerprint density at radius 1 is 0.688 bits per heavy atom. The van der Waals surface area contributed by atoms with Crippen LogP contribution >= 0.6 is 0 Å². The van der Waals surface area contributed by atoms with Gasteiger partial charge in [0.05, 0.1) is 0 Å². The Bertz CT molecular complexity index is 131. The Morgan fingerprint density at radius 3 is 1.38 bits per heavy atom. The first-order chi connectivity index (χ1) is 7.70. The maximum absolute atomic E-state index is 2.40. The minimum absolute atomic E-state index is 0.670. The molecule has 0 rings (SSSR count). The summed E-state index contributed by atoms with van der Waals surface area (Å²) in [5.41, 5.74) is 0.670. The van der Waals surface area contributed by atoms with Gasteiger partial charge in [0, 0.05) is 0 Å². The van der Waals surface area contributed by atoms with Crippen LogP contribution in [0.2, 0.25) is 0 Å². The number of hydrogen-bond acceptors (Lipinski definition) is 0. The van der Waals surface area contributed by atoms with Crippen LogP contribution in [0.15, 0.2) is 0 Å². The van der Waals surface area contributed by atoms with Gasteiger partial charge in [-0.05, 0) is 30.6 Å².